The van der Waals surface area contributed by atoms with Gasteiger partial charge in [0.15, 0.2) is 24.8 Å². The van der Waals surface area contributed by atoms with E-state index >= 15 is 0 Å². The number of hydrogen-bond donors (Lipinski definition) is 0. The van der Waals surface area contributed by atoms with Crippen molar-refractivity contribution in [3.05, 3.63) is 60.2 Å². The fraction of sp³-hybridized carbons (Fsp3) is 0.333. The van der Waals surface area contributed by atoms with Crippen LogP contribution in [0.5, 0.6) is 0 Å². The van der Waals surface area contributed by atoms with Crippen molar-refractivity contribution in [2.45, 2.75) is 12.8 Å². The maximum Gasteiger partial charge on any atom is 0.167 e. The molecule has 0 aliphatic heterocycles. The third-order valence-corrected chi connectivity index (χ3v) is 5.13. The SMILES string of the molecule is c1cc(CCSCSCCc2cc[nH+]cc2)cc[nH+]1. The summed E-state index contributed by atoms with van der Waals surface area (Å²) < 4.78 is 0. The van der Waals surface area contributed by atoms with Crippen LogP contribution in [0.2, 0.25) is 0 Å². The van der Waals surface area contributed by atoms with E-state index < -0.39 is 0 Å². The van der Waals surface area contributed by atoms with Crippen LogP contribution in [0.25, 0.3) is 0 Å². The molecular formula is C15H20N2S2+2. The van der Waals surface area contributed by atoms with Gasteiger partial charge in [-0.3, -0.25) is 0 Å². The van der Waals surface area contributed by atoms with E-state index in [2.05, 4.69) is 34.2 Å². The van der Waals surface area contributed by atoms with E-state index in [1.54, 1.807) is 0 Å². The molecule has 0 aliphatic carbocycles. The molecule has 0 amide bonds. The van der Waals surface area contributed by atoms with Crippen LogP contribution >= 0.6 is 23.5 Å². The number of hydrogen-bond acceptors (Lipinski definition) is 2. The molecule has 2 aromatic rings. The fourth-order valence-corrected chi connectivity index (χ4v) is 3.91. The van der Waals surface area contributed by atoms with Crippen molar-refractivity contribution in [2.24, 2.45) is 0 Å². The van der Waals surface area contributed by atoms with Gasteiger partial charge in [0.25, 0.3) is 0 Å². The Morgan fingerprint density at radius 2 is 1.11 bits per heavy atom. The number of thioether (sulfide) groups is 2. The van der Waals surface area contributed by atoms with Crippen LogP contribution in [-0.4, -0.2) is 16.6 Å². The molecule has 0 aromatic carbocycles. The lowest BCUT2D eigenvalue weighted by Crippen LogP contribution is -2.00. The topological polar surface area (TPSA) is 28.3 Å². The minimum atomic E-state index is 1.16. The number of nitrogens with one attached hydrogen (secondary N) is 2. The van der Waals surface area contributed by atoms with Gasteiger partial charge in [-0.05, 0) is 35.5 Å². The molecule has 0 saturated carbocycles. The zero-order valence-electron chi connectivity index (χ0n) is 11.0. The minimum absolute atomic E-state index is 1.16. The van der Waals surface area contributed by atoms with Gasteiger partial charge in [0.1, 0.15) is 0 Å². The fourth-order valence-electron chi connectivity index (χ4n) is 1.73. The molecule has 2 nitrogen and oxygen atoms in total. The van der Waals surface area contributed by atoms with Crippen molar-refractivity contribution in [1.29, 1.82) is 0 Å². The van der Waals surface area contributed by atoms with Crippen molar-refractivity contribution < 1.29 is 9.97 Å². The van der Waals surface area contributed by atoms with Crippen LogP contribution in [0, 0.1) is 0 Å². The Morgan fingerprint density at radius 3 is 1.53 bits per heavy atom. The third-order valence-electron chi connectivity index (χ3n) is 2.81. The first-order valence-electron chi connectivity index (χ1n) is 6.50. The van der Waals surface area contributed by atoms with Crippen molar-refractivity contribution in [1.82, 2.24) is 0 Å². The Balaban J connectivity index is 1.49. The van der Waals surface area contributed by atoms with Gasteiger partial charge in [-0.2, -0.15) is 23.5 Å². The van der Waals surface area contributed by atoms with Crippen LogP contribution < -0.4 is 9.97 Å². The quantitative estimate of drug-likeness (QED) is 0.552. The summed E-state index contributed by atoms with van der Waals surface area (Å²) in [5.74, 6) is 2.41. The predicted molar refractivity (Wildman–Crippen MR) is 83.2 cm³/mol. The summed E-state index contributed by atoms with van der Waals surface area (Å²) in [5, 5.41) is 1.19. The molecule has 0 bridgehead atoms. The van der Waals surface area contributed by atoms with Crippen LogP contribution in [0.3, 0.4) is 0 Å². The lowest BCUT2D eigenvalue weighted by Gasteiger charge is -2.02. The summed E-state index contributed by atoms with van der Waals surface area (Å²) in [4.78, 5) is 6.11. The van der Waals surface area contributed by atoms with E-state index in [4.69, 9.17) is 0 Å². The molecule has 0 spiro atoms. The highest BCUT2D eigenvalue weighted by Crippen LogP contribution is 2.15. The van der Waals surface area contributed by atoms with Gasteiger partial charge < -0.3 is 0 Å². The van der Waals surface area contributed by atoms with Gasteiger partial charge in [0, 0.05) is 29.4 Å². The number of aromatic amines is 2. The van der Waals surface area contributed by atoms with Crippen molar-refractivity contribution in [2.75, 3.05) is 16.6 Å². The molecule has 2 aromatic heterocycles. The number of H-pyrrole nitrogens is 2. The molecule has 0 radical (unpaired) electrons. The van der Waals surface area contributed by atoms with Crippen molar-refractivity contribution in [3.63, 3.8) is 0 Å². The molecule has 0 aliphatic rings. The first-order valence-corrected chi connectivity index (χ1v) is 8.81. The molecule has 2 heterocycles. The minimum Gasteiger partial charge on any atom is -0.218 e. The molecule has 0 fully saturated rings. The molecule has 4 heteroatoms. The monoisotopic (exact) mass is 292 g/mol. The Morgan fingerprint density at radius 1 is 0.684 bits per heavy atom. The van der Waals surface area contributed by atoms with Gasteiger partial charge in [-0.15, -0.1) is 0 Å². The third kappa shape index (κ3) is 6.12. The zero-order chi connectivity index (χ0) is 13.2. The van der Waals surface area contributed by atoms with E-state index in [1.807, 2.05) is 48.3 Å². The van der Waals surface area contributed by atoms with Gasteiger partial charge in [0.05, 0.1) is 0 Å². The number of aromatic nitrogens is 2. The summed E-state index contributed by atoms with van der Waals surface area (Å²) in [6.45, 7) is 0. The summed E-state index contributed by atoms with van der Waals surface area (Å²) in [7, 11) is 0. The smallest absolute Gasteiger partial charge is 0.167 e. The molecule has 100 valence electrons. The summed E-state index contributed by atoms with van der Waals surface area (Å²) in [6.07, 6.45) is 10.3. The highest BCUT2D eigenvalue weighted by Gasteiger charge is 1.97. The molecule has 0 atom stereocenters. The molecule has 2 rings (SSSR count). The van der Waals surface area contributed by atoms with Crippen LogP contribution in [0.4, 0.5) is 0 Å². The average molecular weight is 292 g/mol. The second-order valence-corrected chi connectivity index (χ2v) is 6.83. The number of aryl methyl sites for hydroxylation is 2. The lowest BCUT2D eigenvalue weighted by molar-refractivity contribution is -0.378. The molecule has 0 unspecified atom stereocenters. The zero-order valence-corrected chi connectivity index (χ0v) is 12.6. The van der Waals surface area contributed by atoms with Crippen molar-refractivity contribution >= 4 is 23.5 Å². The molecule has 0 saturated heterocycles. The number of rotatable bonds is 8. The molecule has 2 N–H and O–H groups in total. The van der Waals surface area contributed by atoms with Crippen molar-refractivity contribution in [3.8, 4) is 0 Å². The maximum atomic E-state index is 3.05. The Kier molecular flexibility index (Phi) is 6.82. The Bertz CT molecular complexity index is 405. The standard InChI is InChI=1S/C15H18N2S2/c1-7-16-8-2-14(1)5-11-18-13-19-12-6-15-3-9-17-10-4-15/h1-4,7-10H,5-6,11-13H2/p+2. The first kappa shape index (κ1) is 14.4. The van der Waals surface area contributed by atoms with Gasteiger partial charge in [-0.1, -0.05) is 0 Å². The first-order chi connectivity index (χ1) is 9.45. The van der Waals surface area contributed by atoms with E-state index in [0.29, 0.717) is 0 Å². The highest BCUT2D eigenvalue weighted by atomic mass is 32.2. The van der Waals surface area contributed by atoms with Crippen LogP contribution in [0.15, 0.2) is 49.1 Å². The predicted octanol–water partition coefficient (Wildman–Crippen LogP) is 2.52. The second kappa shape index (κ2) is 8.99. The second-order valence-electron chi connectivity index (χ2n) is 4.25. The highest BCUT2D eigenvalue weighted by molar-refractivity contribution is 8.15. The molecule has 19 heavy (non-hydrogen) atoms. The van der Waals surface area contributed by atoms with Gasteiger partial charge >= 0.3 is 0 Å². The Labute approximate surface area is 123 Å². The Hall–Kier alpha value is -1.00. The largest absolute Gasteiger partial charge is 0.218 e. The number of pyridine rings is 2. The maximum absolute atomic E-state index is 3.05. The van der Waals surface area contributed by atoms with E-state index in [-0.39, 0.29) is 0 Å². The van der Waals surface area contributed by atoms with E-state index in [1.165, 1.54) is 27.7 Å². The van der Waals surface area contributed by atoms with Gasteiger partial charge in [0.2, 0.25) is 0 Å². The summed E-state index contributed by atoms with van der Waals surface area (Å²) in [6, 6.07) is 8.61. The van der Waals surface area contributed by atoms with Crippen LogP contribution in [-0.2, 0) is 12.8 Å². The molecular weight excluding hydrogens is 272 g/mol. The van der Waals surface area contributed by atoms with Gasteiger partial charge in [-0.25, -0.2) is 9.97 Å². The lowest BCUT2D eigenvalue weighted by atomic mass is 10.2. The van der Waals surface area contributed by atoms with E-state index in [0.717, 1.165) is 12.8 Å². The van der Waals surface area contributed by atoms with Crippen LogP contribution in [0.1, 0.15) is 11.1 Å². The normalized spacial score (nSPS) is 10.5. The average Bonchev–Trinajstić information content (AvgIpc) is 2.48. The van der Waals surface area contributed by atoms with E-state index in [9.17, 15) is 0 Å². The summed E-state index contributed by atoms with van der Waals surface area (Å²) >= 11 is 4.06. The summed E-state index contributed by atoms with van der Waals surface area (Å²) in [5.41, 5.74) is 2.83.